The van der Waals surface area contributed by atoms with E-state index < -0.39 is 0 Å². The maximum atomic E-state index is 10.3. The van der Waals surface area contributed by atoms with Crippen molar-refractivity contribution in [2.24, 2.45) is 5.29 Å². The van der Waals surface area contributed by atoms with Crippen LogP contribution in [0.5, 0.6) is 0 Å². The third-order valence-electron chi connectivity index (χ3n) is 2.22. The van der Waals surface area contributed by atoms with E-state index in [1.54, 1.807) is 0 Å². The van der Waals surface area contributed by atoms with Crippen LogP contribution >= 0.6 is 0 Å². The van der Waals surface area contributed by atoms with E-state index in [9.17, 15) is 4.91 Å². The summed E-state index contributed by atoms with van der Waals surface area (Å²) in [6, 6.07) is 0. The number of allylic oxidation sites excluding steroid dienone is 3. The van der Waals surface area contributed by atoms with Crippen LogP contribution in [0, 0.1) is 4.91 Å². The Morgan fingerprint density at radius 2 is 2.00 bits per heavy atom. The molecule has 0 spiro atoms. The zero-order valence-electron chi connectivity index (χ0n) is 10.4. The van der Waals surface area contributed by atoms with Crippen LogP contribution in [-0.2, 0) is 0 Å². The molecular formula is C12H22N2O2. The predicted molar refractivity (Wildman–Crippen MR) is 66.9 cm³/mol. The van der Waals surface area contributed by atoms with Crippen molar-refractivity contribution in [2.45, 2.75) is 33.6 Å². The zero-order valence-corrected chi connectivity index (χ0v) is 10.4. The Bertz CT molecular complexity index is 256. The lowest BCUT2D eigenvalue weighted by Crippen LogP contribution is -2.20. The van der Waals surface area contributed by atoms with Crippen LogP contribution in [0.1, 0.15) is 33.6 Å². The van der Waals surface area contributed by atoms with Crippen LogP contribution in [0.25, 0.3) is 0 Å². The van der Waals surface area contributed by atoms with Crippen LogP contribution < -0.4 is 0 Å². The van der Waals surface area contributed by atoms with E-state index in [1.165, 1.54) is 16.2 Å². The smallest absolute Gasteiger partial charge is 0.0627 e. The molecule has 0 radical (unpaired) electrons. The van der Waals surface area contributed by atoms with Crippen molar-refractivity contribution in [3.63, 3.8) is 0 Å². The standard InChI is InChI=1S/C12H22N2O2/c1-11(2)5-4-6-12(3)7-8-14(13-16)9-10-15/h5,7,15H,4,6,8-10H2,1-3H3/b12-7-. The predicted octanol–water partition coefficient (Wildman–Crippen LogP) is 2.65. The highest BCUT2D eigenvalue weighted by molar-refractivity contribution is 5.02. The van der Waals surface area contributed by atoms with Gasteiger partial charge in [0.05, 0.1) is 25.0 Å². The molecule has 16 heavy (non-hydrogen) atoms. The molecule has 0 aromatic carbocycles. The van der Waals surface area contributed by atoms with Gasteiger partial charge in [0.1, 0.15) is 0 Å². The number of hydrogen-bond acceptors (Lipinski definition) is 3. The van der Waals surface area contributed by atoms with Gasteiger partial charge >= 0.3 is 0 Å². The molecular weight excluding hydrogens is 204 g/mol. The number of nitroso groups, excluding NO2 is 1. The highest BCUT2D eigenvalue weighted by Gasteiger charge is 1.98. The van der Waals surface area contributed by atoms with Crippen LogP contribution in [-0.4, -0.2) is 29.8 Å². The Morgan fingerprint density at radius 1 is 1.31 bits per heavy atom. The Kier molecular flexibility index (Phi) is 8.43. The van der Waals surface area contributed by atoms with Gasteiger partial charge in [0.15, 0.2) is 0 Å². The molecule has 92 valence electrons. The molecule has 4 heteroatoms. The van der Waals surface area contributed by atoms with Crippen molar-refractivity contribution in [1.29, 1.82) is 0 Å². The van der Waals surface area contributed by atoms with Gasteiger partial charge in [0.2, 0.25) is 0 Å². The van der Waals surface area contributed by atoms with E-state index in [1.807, 2.05) is 13.0 Å². The molecule has 0 unspecified atom stereocenters. The van der Waals surface area contributed by atoms with Gasteiger partial charge in [0, 0.05) is 0 Å². The third kappa shape index (κ3) is 8.17. The topological polar surface area (TPSA) is 52.9 Å². The molecule has 0 aromatic heterocycles. The lowest BCUT2D eigenvalue weighted by Gasteiger charge is -2.11. The molecule has 0 atom stereocenters. The normalized spacial score (nSPS) is 11.1. The summed E-state index contributed by atoms with van der Waals surface area (Å²) in [4.78, 5) is 10.3. The molecule has 1 N–H and O–H groups in total. The van der Waals surface area contributed by atoms with Crippen LogP contribution in [0.4, 0.5) is 0 Å². The van der Waals surface area contributed by atoms with Gasteiger partial charge in [-0.3, -0.25) is 5.01 Å². The Morgan fingerprint density at radius 3 is 2.50 bits per heavy atom. The van der Waals surface area contributed by atoms with Crippen molar-refractivity contribution < 1.29 is 5.11 Å². The van der Waals surface area contributed by atoms with E-state index in [-0.39, 0.29) is 6.61 Å². The largest absolute Gasteiger partial charge is 0.394 e. The average Bonchev–Trinajstić information content (AvgIpc) is 2.23. The highest BCUT2D eigenvalue weighted by Crippen LogP contribution is 2.06. The Hall–Kier alpha value is -1.16. The first-order valence-corrected chi connectivity index (χ1v) is 5.58. The maximum absolute atomic E-state index is 10.3. The summed E-state index contributed by atoms with van der Waals surface area (Å²) < 4.78 is 0. The fraction of sp³-hybridized carbons (Fsp3) is 0.667. The maximum Gasteiger partial charge on any atom is 0.0627 e. The van der Waals surface area contributed by atoms with Crippen molar-refractivity contribution in [3.05, 3.63) is 28.2 Å². The van der Waals surface area contributed by atoms with Gasteiger partial charge in [-0.1, -0.05) is 23.3 Å². The number of hydrogen-bond donors (Lipinski definition) is 1. The summed E-state index contributed by atoms with van der Waals surface area (Å²) in [5.41, 5.74) is 2.56. The molecule has 0 rings (SSSR count). The van der Waals surface area contributed by atoms with Crippen molar-refractivity contribution >= 4 is 0 Å². The average molecular weight is 226 g/mol. The number of nitrogens with zero attached hydrogens (tertiary/aromatic N) is 2. The van der Waals surface area contributed by atoms with E-state index >= 15 is 0 Å². The molecule has 0 aliphatic rings. The van der Waals surface area contributed by atoms with Crippen LogP contribution in [0.3, 0.4) is 0 Å². The van der Waals surface area contributed by atoms with Crippen molar-refractivity contribution in [2.75, 3.05) is 19.7 Å². The molecule has 0 amide bonds. The molecule has 0 fully saturated rings. The second kappa shape index (κ2) is 9.09. The monoisotopic (exact) mass is 226 g/mol. The number of aliphatic hydroxyl groups is 1. The number of rotatable bonds is 8. The quantitative estimate of drug-likeness (QED) is 0.393. The first-order chi connectivity index (χ1) is 7.60. The Balaban J connectivity index is 3.92. The summed E-state index contributed by atoms with van der Waals surface area (Å²) in [6.45, 7) is 6.93. The minimum atomic E-state index is -0.0452. The SMILES string of the molecule is CC(C)=CCC/C(C)=C\CN(CCO)N=O. The van der Waals surface area contributed by atoms with E-state index in [0.717, 1.165) is 12.8 Å². The van der Waals surface area contributed by atoms with Gasteiger partial charge in [-0.25, -0.2) is 0 Å². The van der Waals surface area contributed by atoms with E-state index in [4.69, 9.17) is 5.11 Å². The van der Waals surface area contributed by atoms with Gasteiger partial charge < -0.3 is 5.11 Å². The fourth-order valence-electron chi connectivity index (χ4n) is 1.23. The van der Waals surface area contributed by atoms with E-state index in [0.29, 0.717) is 13.1 Å². The van der Waals surface area contributed by atoms with Crippen LogP contribution in [0.15, 0.2) is 28.6 Å². The minimum Gasteiger partial charge on any atom is -0.394 e. The first kappa shape index (κ1) is 14.8. The summed E-state index contributed by atoms with van der Waals surface area (Å²) in [5.74, 6) is 0. The van der Waals surface area contributed by atoms with Gasteiger partial charge in [-0.2, -0.15) is 0 Å². The van der Waals surface area contributed by atoms with Crippen molar-refractivity contribution in [1.82, 2.24) is 5.01 Å². The van der Waals surface area contributed by atoms with Gasteiger partial charge in [-0.05, 0) is 33.6 Å². The lowest BCUT2D eigenvalue weighted by atomic mass is 10.1. The molecule has 0 saturated carbocycles. The zero-order chi connectivity index (χ0) is 12.4. The molecule has 0 heterocycles. The van der Waals surface area contributed by atoms with Gasteiger partial charge in [0.25, 0.3) is 0 Å². The van der Waals surface area contributed by atoms with Crippen molar-refractivity contribution in [3.8, 4) is 0 Å². The number of aliphatic hydroxyl groups excluding tert-OH is 1. The van der Waals surface area contributed by atoms with Gasteiger partial charge in [-0.15, -0.1) is 4.91 Å². The third-order valence-corrected chi connectivity index (χ3v) is 2.22. The summed E-state index contributed by atoms with van der Waals surface area (Å²) in [5, 5.41) is 12.8. The highest BCUT2D eigenvalue weighted by atomic mass is 16.3. The Labute approximate surface area is 97.6 Å². The molecule has 4 nitrogen and oxygen atoms in total. The molecule has 0 aliphatic heterocycles. The minimum absolute atomic E-state index is 0.0452. The molecule has 0 saturated heterocycles. The van der Waals surface area contributed by atoms with E-state index in [2.05, 4.69) is 25.2 Å². The molecule has 0 aromatic rings. The fourth-order valence-corrected chi connectivity index (χ4v) is 1.23. The summed E-state index contributed by atoms with van der Waals surface area (Å²) >= 11 is 0. The second-order valence-corrected chi connectivity index (χ2v) is 4.09. The summed E-state index contributed by atoms with van der Waals surface area (Å²) in [7, 11) is 0. The lowest BCUT2D eigenvalue weighted by molar-refractivity contribution is 0.211. The first-order valence-electron chi connectivity index (χ1n) is 5.58. The molecule has 0 bridgehead atoms. The second-order valence-electron chi connectivity index (χ2n) is 4.09. The summed E-state index contributed by atoms with van der Waals surface area (Å²) in [6.07, 6.45) is 6.20. The molecule has 0 aliphatic carbocycles. The van der Waals surface area contributed by atoms with Crippen LogP contribution in [0.2, 0.25) is 0 Å².